The van der Waals surface area contributed by atoms with Gasteiger partial charge < -0.3 is 19.5 Å². The minimum Gasteiger partial charge on any atom is -0.490 e. The molecule has 1 spiro atoms. The van der Waals surface area contributed by atoms with Crippen LogP contribution in [0.3, 0.4) is 0 Å². The monoisotopic (exact) mass is 723 g/mol. The second-order valence-electron chi connectivity index (χ2n) is 14.4. The van der Waals surface area contributed by atoms with Crippen molar-refractivity contribution in [3.8, 4) is 5.75 Å². The van der Waals surface area contributed by atoms with Crippen LogP contribution >= 0.6 is 11.6 Å². The van der Waals surface area contributed by atoms with Gasteiger partial charge in [-0.25, -0.2) is 27.9 Å². The van der Waals surface area contributed by atoms with Crippen molar-refractivity contribution in [3.63, 3.8) is 0 Å². The van der Waals surface area contributed by atoms with E-state index in [1.807, 2.05) is 6.07 Å². The molecular weight excluding hydrogens is 686 g/mol. The first-order chi connectivity index (χ1) is 23.2. The fourth-order valence-electron chi connectivity index (χ4n) is 6.16. The number of rotatable bonds is 6. The third-order valence-electron chi connectivity index (χ3n) is 8.27. The highest BCUT2D eigenvalue weighted by Crippen LogP contribution is 2.67. The fraction of sp³-hybridized carbons (Fsp3) is 0.400. The van der Waals surface area contributed by atoms with Crippen LogP contribution in [0.15, 0.2) is 53.6 Å². The van der Waals surface area contributed by atoms with E-state index in [9.17, 15) is 22.8 Å². The number of ether oxygens (including phenoxy) is 3. The van der Waals surface area contributed by atoms with Crippen LogP contribution < -0.4 is 15.0 Å². The van der Waals surface area contributed by atoms with Crippen LogP contribution in [0.25, 0.3) is 10.9 Å². The number of amides is 2. The Kier molecular flexibility index (Phi) is 8.42. The minimum absolute atomic E-state index is 0.0202. The van der Waals surface area contributed by atoms with Crippen molar-refractivity contribution >= 4 is 67.8 Å². The lowest BCUT2D eigenvalue weighted by molar-refractivity contribution is -0.120. The zero-order valence-electron chi connectivity index (χ0n) is 29.0. The fourth-order valence-corrected chi connectivity index (χ4v) is 6.90. The number of imide groups is 1. The Bertz CT molecular complexity index is 2190. The maximum absolute atomic E-state index is 14.2. The molecule has 2 atom stereocenters. The van der Waals surface area contributed by atoms with Crippen molar-refractivity contribution in [1.82, 2.24) is 14.8 Å². The maximum atomic E-state index is 14.2. The number of nitrogens with zero attached hydrogens (tertiary/aromatic N) is 4. The zero-order valence-corrected chi connectivity index (χ0v) is 30.5. The molecule has 6 rings (SSSR count). The lowest BCUT2D eigenvalue weighted by Crippen LogP contribution is -2.41. The van der Waals surface area contributed by atoms with E-state index in [1.165, 1.54) is 12.3 Å². The van der Waals surface area contributed by atoms with Crippen molar-refractivity contribution in [1.29, 1.82) is 0 Å². The molecule has 1 fully saturated rings. The molecule has 13 nitrogen and oxygen atoms in total. The highest BCUT2D eigenvalue weighted by atomic mass is 35.5. The molecule has 4 aromatic rings. The van der Waals surface area contributed by atoms with Crippen molar-refractivity contribution in [2.45, 2.75) is 82.3 Å². The number of pyridine rings is 1. The predicted molar refractivity (Wildman–Crippen MR) is 187 cm³/mol. The van der Waals surface area contributed by atoms with Crippen LogP contribution in [-0.2, 0) is 29.5 Å². The molecule has 264 valence electrons. The lowest BCUT2D eigenvalue weighted by atomic mass is 9.92. The Morgan fingerprint density at radius 1 is 1.00 bits per heavy atom. The Balaban J connectivity index is 1.43. The molecule has 1 saturated carbocycles. The van der Waals surface area contributed by atoms with Crippen molar-refractivity contribution in [2.75, 3.05) is 23.1 Å². The summed E-state index contributed by atoms with van der Waals surface area (Å²) >= 11 is 6.41. The summed E-state index contributed by atoms with van der Waals surface area (Å²) in [6, 6.07) is 11.7. The first-order valence-electron chi connectivity index (χ1n) is 16.0. The molecule has 0 saturated heterocycles. The number of hydrogen-bond donors (Lipinski definition) is 1. The highest BCUT2D eigenvalue weighted by molar-refractivity contribution is 7.90. The molecule has 2 aromatic heterocycles. The van der Waals surface area contributed by atoms with Crippen molar-refractivity contribution in [3.05, 3.63) is 64.8 Å². The van der Waals surface area contributed by atoms with Crippen LogP contribution in [0.2, 0.25) is 5.02 Å². The van der Waals surface area contributed by atoms with Gasteiger partial charge in [-0.2, -0.15) is 4.68 Å². The minimum atomic E-state index is -3.56. The standard InChI is InChI=1S/C35H38ClN5O8S/c1-9-47-27-16-21(50(8,45)46)18-37-29(27)38-28-22-12-10-19(14-26(22)41(39-28)32(44)49-34(5,6)7)24-17-35(24)23-15-20(36)11-13-25(23)40(30(35)42)31(43)48-33(2,3)4/h10-16,18,24H,9,17H2,1-8H3,(H,37,38,39)/t24-,35-/m0/s1. The number of fused-ring (bicyclic) bond motifs is 3. The molecule has 1 aliphatic carbocycles. The molecule has 0 bridgehead atoms. The summed E-state index contributed by atoms with van der Waals surface area (Å²) in [4.78, 5) is 46.3. The highest BCUT2D eigenvalue weighted by Gasteiger charge is 2.68. The third-order valence-corrected chi connectivity index (χ3v) is 9.58. The molecule has 50 heavy (non-hydrogen) atoms. The lowest BCUT2D eigenvalue weighted by Gasteiger charge is -2.24. The average Bonchev–Trinajstić information content (AvgIpc) is 3.58. The molecular formula is C35H38ClN5O8S. The van der Waals surface area contributed by atoms with Gasteiger partial charge in [0.25, 0.3) is 0 Å². The van der Waals surface area contributed by atoms with Crippen LogP contribution in [0, 0.1) is 0 Å². The largest absolute Gasteiger partial charge is 0.490 e. The van der Waals surface area contributed by atoms with E-state index in [-0.39, 0.29) is 34.8 Å². The van der Waals surface area contributed by atoms with Crippen LogP contribution in [0.1, 0.15) is 71.9 Å². The van der Waals surface area contributed by atoms with Crippen LogP contribution in [0.5, 0.6) is 5.75 Å². The van der Waals surface area contributed by atoms with Gasteiger partial charge in [0, 0.05) is 34.8 Å². The molecule has 3 heterocycles. The smallest absolute Gasteiger partial charge is 0.435 e. The number of anilines is 3. The van der Waals surface area contributed by atoms with Gasteiger partial charge in [0.05, 0.1) is 28.1 Å². The number of nitrogens with one attached hydrogen (secondary N) is 1. The second kappa shape index (κ2) is 12.0. The van der Waals surface area contributed by atoms with Gasteiger partial charge in [-0.15, -0.1) is 5.10 Å². The SMILES string of the molecule is CCOc1cc(S(C)(=O)=O)cnc1Nc1nn(C(=O)OC(C)(C)C)c2cc([C@@H]3C[C@@]34C(=O)N(C(=O)OC(C)(C)C)c3ccc(Cl)cc34)ccc12. The van der Waals surface area contributed by atoms with Gasteiger partial charge in [-0.05, 0) is 96.3 Å². The Morgan fingerprint density at radius 2 is 1.68 bits per heavy atom. The van der Waals surface area contributed by atoms with Crippen LogP contribution in [0.4, 0.5) is 26.9 Å². The summed E-state index contributed by atoms with van der Waals surface area (Å²) in [6.07, 6.45) is 1.16. The van der Waals surface area contributed by atoms with Gasteiger partial charge in [0.2, 0.25) is 5.91 Å². The average molecular weight is 724 g/mol. The molecule has 1 N–H and O–H groups in total. The number of sulfone groups is 1. The normalized spacial score (nSPS) is 18.7. The zero-order chi connectivity index (χ0) is 36.6. The molecule has 0 radical (unpaired) electrons. The van der Waals surface area contributed by atoms with E-state index in [2.05, 4.69) is 15.4 Å². The van der Waals surface area contributed by atoms with Crippen molar-refractivity contribution in [2.24, 2.45) is 0 Å². The van der Waals surface area contributed by atoms with Gasteiger partial charge >= 0.3 is 12.2 Å². The summed E-state index contributed by atoms with van der Waals surface area (Å²) in [5.41, 5.74) is -0.578. The quantitative estimate of drug-likeness (QED) is 0.216. The summed E-state index contributed by atoms with van der Waals surface area (Å²) in [7, 11) is -3.56. The van der Waals surface area contributed by atoms with E-state index in [1.54, 1.807) is 78.8 Å². The number of hydrogen-bond acceptors (Lipinski definition) is 11. The van der Waals surface area contributed by atoms with Gasteiger partial charge in [-0.1, -0.05) is 17.7 Å². The molecule has 2 aromatic carbocycles. The Morgan fingerprint density at radius 3 is 2.32 bits per heavy atom. The summed E-state index contributed by atoms with van der Waals surface area (Å²) in [6.45, 7) is 12.4. The third kappa shape index (κ3) is 6.37. The Hall–Kier alpha value is -4.69. The number of carbonyl (C=O) groups is 3. The predicted octanol–water partition coefficient (Wildman–Crippen LogP) is 7.12. The maximum Gasteiger partial charge on any atom is 0.435 e. The van der Waals surface area contributed by atoms with E-state index in [4.69, 9.17) is 25.8 Å². The van der Waals surface area contributed by atoms with E-state index in [0.29, 0.717) is 33.6 Å². The summed E-state index contributed by atoms with van der Waals surface area (Å²) in [5, 5.41) is 8.58. The second-order valence-corrected chi connectivity index (χ2v) is 16.8. The van der Waals surface area contributed by atoms with Crippen molar-refractivity contribution < 1.29 is 37.0 Å². The van der Waals surface area contributed by atoms with Gasteiger partial charge in [0.1, 0.15) is 11.2 Å². The number of carbonyl (C=O) groups excluding carboxylic acids is 3. The molecule has 2 aliphatic rings. The molecule has 0 unspecified atom stereocenters. The van der Waals surface area contributed by atoms with Crippen LogP contribution in [-0.4, -0.2) is 65.3 Å². The number of benzene rings is 2. The topological polar surface area (TPSA) is 159 Å². The van der Waals surface area contributed by atoms with Gasteiger partial charge in [-0.3, -0.25) is 4.79 Å². The first kappa shape index (κ1) is 35.1. The first-order valence-corrected chi connectivity index (χ1v) is 18.2. The summed E-state index contributed by atoms with van der Waals surface area (Å²) in [5.74, 6) is -0.180. The number of halogens is 1. The van der Waals surface area contributed by atoms with E-state index in [0.717, 1.165) is 21.4 Å². The molecule has 1 aliphatic heterocycles. The molecule has 15 heteroatoms. The number of aromatic nitrogens is 3. The van der Waals surface area contributed by atoms with E-state index >= 15 is 0 Å². The van der Waals surface area contributed by atoms with Gasteiger partial charge in [0.15, 0.2) is 27.2 Å². The van der Waals surface area contributed by atoms with E-state index < -0.39 is 44.5 Å². The molecule has 2 amide bonds. The summed E-state index contributed by atoms with van der Waals surface area (Å²) < 4.78 is 42.5. The Labute approximate surface area is 294 Å².